The minimum absolute atomic E-state index is 0.110. The second-order valence-corrected chi connectivity index (χ2v) is 9.46. The van der Waals surface area contributed by atoms with E-state index in [9.17, 15) is 17.6 Å². The zero-order chi connectivity index (χ0) is 17.9. The monoisotopic (exact) mass is 395 g/mol. The summed E-state index contributed by atoms with van der Waals surface area (Å²) in [5, 5.41) is 5.11. The number of nitrogens with one attached hydrogen (secondary N) is 1. The van der Waals surface area contributed by atoms with Crippen molar-refractivity contribution >= 4 is 38.4 Å². The van der Waals surface area contributed by atoms with Crippen LogP contribution in [0.5, 0.6) is 0 Å². The van der Waals surface area contributed by atoms with Crippen LogP contribution in [0.2, 0.25) is 0 Å². The molecule has 0 aliphatic heterocycles. The number of benzene rings is 1. The second kappa shape index (κ2) is 7.47. The Morgan fingerprint density at radius 2 is 1.76 bits per heavy atom. The summed E-state index contributed by atoms with van der Waals surface area (Å²) in [6, 6.07) is 12.3. The first-order valence-corrected chi connectivity index (χ1v) is 10.6. The second-order valence-electron chi connectivity index (χ2n) is 5.17. The number of rotatable bonds is 6. The van der Waals surface area contributed by atoms with E-state index in [1.807, 2.05) is 0 Å². The fourth-order valence-corrected chi connectivity index (χ4v) is 6.32. The van der Waals surface area contributed by atoms with E-state index in [1.165, 1.54) is 29.5 Å². The van der Waals surface area contributed by atoms with Crippen molar-refractivity contribution in [2.75, 3.05) is 6.54 Å². The summed E-state index contributed by atoms with van der Waals surface area (Å²) in [5.74, 6) is -1.28. The Morgan fingerprint density at radius 1 is 1.04 bits per heavy atom. The molecule has 1 aromatic carbocycles. The van der Waals surface area contributed by atoms with Crippen molar-refractivity contribution in [1.29, 1.82) is 0 Å². The minimum Gasteiger partial charge on any atom is -0.350 e. The topological polar surface area (TPSA) is 63.2 Å². The fraction of sp³-hybridized carbons (Fsp3) is 0.118. The van der Waals surface area contributed by atoms with Gasteiger partial charge in [0, 0.05) is 11.4 Å². The number of amides is 1. The Hall–Kier alpha value is -2.03. The van der Waals surface area contributed by atoms with Crippen molar-refractivity contribution in [2.45, 2.75) is 9.46 Å². The average Bonchev–Trinajstić information content (AvgIpc) is 3.29. The van der Waals surface area contributed by atoms with Gasteiger partial charge in [0.1, 0.15) is 15.3 Å². The maximum absolute atomic E-state index is 13.7. The van der Waals surface area contributed by atoms with Crippen LogP contribution in [-0.4, -0.2) is 20.9 Å². The fourth-order valence-electron chi connectivity index (χ4n) is 2.33. The van der Waals surface area contributed by atoms with Crippen LogP contribution < -0.4 is 5.32 Å². The van der Waals surface area contributed by atoms with Crippen molar-refractivity contribution in [2.24, 2.45) is 0 Å². The molecule has 1 atom stereocenters. The lowest BCUT2D eigenvalue weighted by molar-refractivity contribution is 0.0949. The number of halogens is 1. The summed E-state index contributed by atoms with van der Waals surface area (Å²) in [4.78, 5) is 12.8. The van der Waals surface area contributed by atoms with Crippen molar-refractivity contribution in [3.05, 3.63) is 75.5 Å². The van der Waals surface area contributed by atoms with Crippen molar-refractivity contribution in [3.8, 4) is 0 Å². The predicted octanol–water partition coefficient (Wildman–Crippen LogP) is 3.89. The standard InChI is InChI=1S/C17H14FNO3S3/c18-13-6-2-1-5-12(13)17(20)19-11-15(14-7-3-9-23-14)25(21,22)16-8-4-10-24-16/h1-10,15H,11H2,(H,19,20)/t15-/m1/s1. The van der Waals surface area contributed by atoms with Gasteiger partial charge in [-0.25, -0.2) is 12.8 Å². The lowest BCUT2D eigenvalue weighted by Crippen LogP contribution is -2.31. The Kier molecular flexibility index (Phi) is 5.31. The third kappa shape index (κ3) is 3.81. The van der Waals surface area contributed by atoms with E-state index in [2.05, 4.69) is 5.32 Å². The number of hydrogen-bond donors (Lipinski definition) is 1. The maximum atomic E-state index is 13.7. The van der Waals surface area contributed by atoms with Gasteiger partial charge >= 0.3 is 0 Å². The number of carbonyl (C=O) groups is 1. The molecule has 0 aliphatic rings. The van der Waals surface area contributed by atoms with Crippen LogP contribution in [0.15, 0.2) is 63.5 Å². The van der Waals surface area contributed by atoms with Crippen LogP contribution in [0.1, 0.15) is 20.5 Å². The quantitative estimate of drug-likeness (QED) is 0.689. The van der Waals surface area contributed by atoms with E-state index in [1.54, 1.807) is 41.1 Å². The van der Waals surface area contributed by atoms with Crippen molar-refractivity contribution < 1.29 is 17.6 Å². The zero-order valence-corrected chi connectivity index (χ0v) is 15.3. The summed E-state index contributed by atoms with van der Waals surface area (Å²) < 4.78 is 39.8. The number of hydrogen-bond acceptors (Lipinski definition) is 5. The summed E-state index contributed by atoms with van der Waals surface area (Å²) in [5.41, 5.74) is -0.110. The van der Waals surface area contributed by atoms with Gasteiger partial charge in [0.25, 0.3) is 5.91 Å². The molecule has 3 aromatic rings. The zero-order valence-electron chi connectivity index (χ0n) is 12.9. The van der Waals surface area contributed by atoms with Gasteiger partial charge in [-0.15, -0.1) is 22.7 Å². The van der Waals surface area contributed by atoms with E-state index in [0.29, 0.717) is 4.88 Å². The Balaban J connectivity index is 1.85. The molecule has 0 aliphatic carbocycles. The van der Waals surface area contributed by atoms with Crippen molar-refractivity contribution in [3.63, 3.8) is 0 Å². The molecule has 0 bridgehead atoms. The number of thiophene rings is 2. The predicted molar refractivity (Wildman–Crippen MR) is 97.3 cm³/mol. The minimum atomic E-state index is -3.65. The molecule has 8 heteroatoms. The summed E-state index contributed by atoms with van der Waals surface area (Å²) >= 11 is 2.44. The molecule has 2 aromatic heterocycles. The Morgan fingerprint density at radius 3 is 2.40 bits per heavy atom. The average molecular weight is 396 g/mol. The van der Waals surface area contributed by atoms with E-state index in [0.717, 1.165) is 11.3 Å². The highest BCUT2D eigenvalue weighted by Gasteiger charge is 2.31. The third-order valence-corrected chi connectivity index (χ3v) is 8.23. The maximum Gasteiger partial charge on any atom is 0.254 e. The molecule has 130 valence electrons. The number of sulfone groups is 1. The molecule has 1 N–H and O–H groups in total. The van der Waals surface area contributed by atoms with Gasteiger partial charge in [-0.05, 0) is 35.0 Å². The first kappa shape index (κ1) is 17.8. The molecular formula is C17H14FNO3S3. The highest BCUT2D eigenvalue weighted by Crippen LogP contribution is 2.33. The molecule has 1 amide bonds. The van der Waals surface area contributed by atoms with E-state index < -0.39 is 26.8 Å². The molecule has 2 heterocycles. The highest BCUT2D eigenvalue weighted by molar-refractivity contribution is 7.93. The lowest BCUT2D eigenvalue weighted by atomic mass is 10.2. The first-order chi connectivity index (χ1) is 12.0. The van der Waals surface area contributed by atoms with Crippen LogP contribution in [-0.2, 0) is 9.84 Å². The summed E-state index contributed by atoms with van der Waals surface area (Å²) in [6.07, 6.45) is 0. The van der Waals surface area contributed by atoms with Gasteiger partial charge in [0.2, 0.25) is 0 Å². The van der Waals surface area contributed by atoms with Gasteiger partial charge < -0.3 is 5.32 Å². The number of carbonyl (C=O) groups excluding carboxylic acids is 1. The SMILES string of the molecule is O=C(NC[C@H](c1cccs1)S(=O)(=O)c1cccs1)c1ccccc1F. The van der Waals surface area contributed by atoms with E-state index >= 15 is 0 Å². The van der Waals surface area contributed by atoms with Crippen LogP contribution in [0.25, 0.3) is 0 Å². The molecule has 0 radical (unpaired) electrons. The molecule has 0 spiro atoms. The van der Waals surface area contributed by atoms with Gasteiger partial charge in [-0.3, -0.25) is 4.79 Å². The van der Waals surface area contributed by atoms with Crippen LogP contribution in [0.3, 0.4) is 0 Å². The summed E-state index contributed by atoms with van der Waals surface area (Å²) in [6.45, 7) is -0.131. The normalized spacial score (nSPS) is 12.7. The van der Waals surface area contributed by atoms with E-state index in [4.69, 9.17) is 0 Å². The molecule has 0 saturated heterocycles. The smallest absolute Gasteiger partial charge is 0.254 e. The highest BCUT2D eigenvalue weighted by atomic mass is 32.2. The van der Waals surface area contributed by atoms with Crippen LogP contribution in [0, 0.1) is 5.82 Å². The van der Waals surface area contributed by atoms with Crippen LogP contribution in [0.4, 0.5) is 4.39 Å². The molecule has 3 rings (SSSR count). The third-order valence-electron chi connectivity index (χ3n) is 3.58. The first-order valence-electron chi connectivity index (χ1n) is 7.33. The van der Waals surface area contributed by atoms with E-state index in [-0.39, 0.29) is 16.3 Å². The summed E-state index contributed by atoms with van der Waals surface area (Å²) in [7, 11) is -3.65. The largest absolute Gasteiger partial charge is 0.350 e. The van der Waals surface area contributed by atoms with Crippen molar-refractivity contribution in [1.82, 2.24) is 5.32 Å². The molecule has 0 fully saturated rings. The van der Waals surface area contributed by atoms with Gasteiger partial charge in [-0.1, -0.05) is 24.3 Å². The molecule has 4 nitrogen and oxygen atoms in total. The molecule has 25 heavy (non-hydrogen) atoms. The Bertz CT molecular complexity index is 951. The molecule has 0 unspecified atom stereocenters. The van der Waals surface area contributed by atoms with Gasteiger partial charge in [0.05, 0.1) is 5.56 Å². The van der Waals surface area contributed by atoms with Crippen LogP contribution >= 0.6 is 22.7 Å². The van der Waals surface area contributed by atoms with Gasteiger partial charge in [0.15, 0.2) is 9.84 Å². The lowest BCUT2D eigenvalue weighted by Gasteiger charge is -2.16. The Labute approximate surface area is 152 Å². The molecule has 0 saturated carbocycles. The van der Waals surface area contributed by atoms with Gasteiger partial charge in [-0.2, -0.15) is 0 Å². The molecular weight excluding hydrogens is 381 g/mol.